The fourth-order valence-electron chi connectivity index (χ4n) is 2.51. The lowest BCUT2D eigenvalue weighted by Crippen LogP contribution is -2.20. The van der Waals surface area contributed by atoms with Crippen LogP contribution in [0.15, 0.2) is 66.9 Å². The first-order valence-corrected chi connectivity index (χ1v) is 7.82. The summed E-state index contributed by atoms with van der Waals surface area (Å²) in [6.07, 6.45) is 4.94. The summed E-state index contributed by atoms with van der Waals surface area (Å²) in [5, 5.41) is 3.81. The van der Waals surface area contributed by atoms with Gasteiger partial charge in [0.25, 0.3) is 0 Å². The summed E-state index contributed by atoms with van der Waals surface area (Å²) in [5.74, 6) is -0.714. The van der Waals surface area contributed by atoms with E-state index in [0.29, 0.717) is 12.1 Å². The smallest absolute Gasteiger partial charge is 0.248 e. The summed E-state index contributed by atoms with van der Waals surface area (Å²) in [4.78, 5) is 27.6. The third kappa shape index (κ3) is 4.09. The van der Waals surface area contributed by atoms with Gasteiger partial charge in [0, 0.05) is 35.3 Å². The second kappa shape index (κ2) is 7.40. The van der Waals surface area contributed by atoms with Crippen molar-refractivity contribution in [2.75, 3.05) is 0 Å². The van der Waals surface area contributed by atoms with Gasteiger partial charge >= 0.3 is 0 Å². The van der Waals surface area contributed by atoms with Crippen molar-refractivity contribution >= 4 is 28.8 Å². The molecule has 0 unspecified atom stereocenters. The van der Waals surface area contributed by atoms with Crippen molar-refractivity contribution in [3.63, 3.8) is 0 Å². The standard InChI is InChI=1S/C20H17N3O2/c21-20(25)17-7-1-4-14(12-17)13-23-18(24)10-9-16-6-2-5-15-8-3-11-22-19(15)16/h1-12H,13H2,(H2,21,25)(H,23,24)/b10-9+. The van der Waals surface area contributed by atoms with Crippen molar-refractivity contribution in [2.24, 2.45) is 5.73 Å². The average molecular weight is 331 g/mol. The van der Waals surface area contributed by atoms with Gasteiger partial charge < -0.3 is 11.1 Å². The van der Waals surface area contributed by atoms with Crippen molar-refractivity contribution in [1.82, 2.24) is 10.3 Å². The first-order chi connectivity index (χ1) is 12.1. The van der Waals surface area contributed by atoms with E-state index < -0.39 is 5.91 Å². The number of carbonyl (C=O) groups is 2. The molecule has 0 fully saturated rings. The Kier molecular flexibility index (Phi) is 4.85. The van der Waals surface area contributed by atoms with Crippen LogP contribution in [0.2, 0.25) is 0 Å². The summed E-state index contributed by atoms with van der Waals surface area (Å²) in [7, 11) is 0. The quantitative estimate of drug-likeness (QED) is 0.705. The SMILES string of the molecule is NC(=O)c1cccc(CNC(=O)/C=C/c2cccc3cccnc23)c1. The Hall–Kier alpha value is -3.47. The summed E-state index contributed by atoms with van der Waals surface area (Å²) in [5.41, 5.74) is 8.21. The lowest BCUT2D eigenvalue weighted by molar-refractivity contribution is -0.116. The van der Waals surface area contributed by atoms with Crippen LogP contribution in [0.4, 0.5) is 0 Å². The molecule has 3 N–H and O–H groups in total. The molecular weight excluding hydrogens is 314 g/mol. The molecular formula is C20H17N3O2. The molecule has 1 aromatic heterocycles. The van der Waals surface area contributed by atoms with E-state index in [4.69, 9.17) is 5.73 Å². The molecule has 0 aliphatic rings. The topological polar surface area (TPSA) is 85.1 Å². The van der Waals surface area contributed by atoms with Gasteiger partial charge in [-0.3, -0.25) is 14.6 Å². The number of pyridine rings is 1. The number of hydrogen-bond acceptors (Lipinski definition) is 3. The minimum absolute atomic E-state index is 0.225. The fourth-order valence-corrected chi connectivity index (χ4v) is 2.51. The van der Waals surface area contributed by atoms with Crippen molar-refractivity contribution in [1.29, 1.82) is 0 Å². The predicted octanol–water partition coefficient (Wildman–Crippen LogP) is 2.66. The van der Waals surface area contributed by atoms with Crippen LogP contribution >= 0.6 is 0 Å². The van der Waals surface area contributed by atoms with Gasteiger partial charge in [-0.2, -0.15) is 0 Å². The molecule has 0 aliphatic heterocycles. The van der Waals surface area contributed by atoms with E-state index in [0.717, 1.165) is 22.0 Å². The largest absolute Gasteiger partial charge is 0.366 e. The maximum absolute atomic E-state index is 12.0. The van der Waals surface area contributed by atoms with E-state index in [1.165, 1.54) is 6.08 Å². The summed E-state index contributed by atoms with van der Waals surface area (Å²) in [6, 6.07) is 16.5. The van der Waals surface area contributed by atoms with Crippen molar-refractivity contribution in [3.8, 4) is 0 Å². The third-order valence-electron chi connectivity index (χ3n) is 3.76. The van der Waals surface area contributed by atoms with E-state index in [-0.39, 0.29) is 5.91 Å². The average Bonchev–Trinajstić information content (AvgIpc) is 2.65. The van der Waals surface area contributed by atoms with Crippen LogP contribution in [-0.2, 0) is 11.3 Å². The number of nitrogens with zero attached hydrogens (tertiary/aromatic N) is 1. The highest BCUT2D eigenvalue weighted by molar-refractivity contribution is 5.95. The van der Waals surface area contributed by atoms with Crippen molar-refractivity contribution in [3.05, 3.63) is 83.6 Å². The molecule has 3 rings (SSSR count). The zero-order valence-electron chi connectivity index (χ0n) is 13.5. The van der Waals surface area contributed by atoms with Gasteiger partial charge in [-0.25, -0.2) is 0 Å². The highest BCUT2D eigenvalue weighted by Gasteiger charge is 2.03. The zero-order chi connectivity index (χ0) is 17.6. The number of hydrogen-bond donors (Lipinski definition) is 2. The second-order valence-electron chi connectivity index (χ2n) is 5.54. The molecule has 0 bridgehead atoms. The second-order valence-corrected chi connectivity index (χ2v) is 5.54. The summed E-state index contributed by atoms with van der Waals surface area (Å²) in [6.45, 7) is 0.318. The lowest BCUT2D eigenvalue weighted by atomic mass is 10.1. The minimum Gasteiger partial charge on any atom is -0.366 e. The molecule has 0 saturated heterocycles. The number of amides is 2. The molecule has 5 nitrogen and oxygen atoms in total. The molecule has 124 valence electrons. The molecule has 0 saturated carbocycles. The van der Waals surface area contributed by atoms with Crippen LogP contribution < -0.4 is 11.1 Å². The number of primary amides is 1. The predicted molar refractivity (Wildman–Crippen MR) is 97.6 cm³/mol. The first kappa shape index (κ1) is 16.4. The molecule has 0 atom stereocenters. The minimum atomic E-state index is -0.489. The maximum Gasteiger partial charge on any atom is 0.248 e. The normalized spacial score (nSPS) is 10.9. The fraction of sp³-hybridized carbons (Fsp3) is 0.0500. The van der Waals surface area contributed by atoms with Gasteiger partial charge in [0.2, 0.25) is 11.8 Å². The first-order valence-electron chi connectivity index (χ1n) is 7.82. The number of rotatable bonds is 5. The monoisotopic (exact) mass is 331 g/mol. The maximum atomic E-state index is 12.0. The lowest BCUT2D eigenvalue weighted by Gasteiger charge is -2.04. The van der Waals surface area contributed by atoms with Crippen LogP contribution in [0.25, 0.3) is 17.0 Å². The Balaban J connectivity index is 1.67. The van der Waals surface area contributed by atoms with Crippen LogP contribution in [0.1, 0.15) is 21.5 Å². The summed E-state index contributed by atoms with van der Waals surface area (Å²) < 4.78 is 0. The number of nitrogens with two attached hydrogens (primary N) is 1. The number of aromatic nitrogens is 1. The van der Waals surface area contributed by atoms with Crippen LogP contribution in [-0.4, -0.2) is 16.8 Å². The molecule has 0 spiro atoms. The molecule has 25 heavy (non-hydrogen) atoms. The van der Waals surface area contributed by atoms with Gasteiger partial charge in [-0.15, -0.1) is 0 Å². The number of fused-ring (bicyclic) bond motifs is 1. The Labute approximate surface area is 145 Å². The van der Waals surface area contributed by atoms with Gasteiger partial charge in [0.1, 0.15) is 0 Å². The van der Waals surface area contributed by atoms with Crippen molar-refractivity contribution in [2.45, 2.75) is 6.54 Å². The highest BCUT2D eigenvalue weighted by atomic mass is 16.1. The van der Waals surface area contributed by atoms with Crippen LogP contribution in [0.3, 0.4) is 0 Å². The number of carbonyl (C=O) groups excluding carboxylic acids is 2. The van der Waals surface area contributed by atoms with E-state index in [1.807, 2.05) is 36.4 Å². The number of nitrogens with one attached hydrogen (secondary N) is 1. The molecule has 5 heteroatoms. The summed E-state index contributed by atoms with van der Waals surface area (Å²) >= 11 is 0. The molecule has 1 heterocycles. The highest BCUT2D eigenvalue weighted by Crippen LogP contribution is 2.17. The molecule has 2 aromatic carbocycles. The molecule has 0 aliphatic carbocycles. The van der Waals surface area contributed by atoms with Gasteiger partial charge in [-0.05, 0) is 29.8 Å². The van der Waals surface area contributed by atoms with Crippen LogP contribution in [0, 0.1) is 0 Å². The van der Waals surface area contributed by atoms with Crippen molar-refractivity contribution < 1.29 is 9.59 Å². The van der Waals surface area contributed by atoms with Gasteiger partial charge in [0.15, 0.2) is 0 Å². The Morgan fingerprint density at radius 2 is 1.88 bits per heavy atom. The van der Waals surface area contributed by atoms with E-state index in [1.54, 1.807) is 30.5 Å². The Morgan fingerprint density at radius 3 is 2.72 bits per heavy atom. The zero-order valence-corrected chi connectivity index (χ0v) is 13.5. The molecule has 0 radical (unpaired) electrons. The van der Waals surface area contributed by atoms with Gasteiger partial charge in [-0.1, -0.05) is 36.4 Å². The van der Waals surface area contributed by atoms with Crippen LogP contribution in [0.5, 0.6) is 0 Å². The Bertz CT molecular complexity index is 959. The number of para-hydroxylation sites is 1. The van der Waals surface area contributed by atoms with E-state index >= 15 is 0 Å². The molecule has 3 aromatic rings. The van der Waals surface area contributed by atoms with E-state index in [2.05, 4.69) is 10.3 Å². The number of benzene rings is 2. The third-order valence-corrected chi connectivity index (χ3v) is 3.76. The molecule has 2 amide bonds. The van der Waals surface area contributed by atoms with Gasteiger partial charge in [0.05, 0.1) is 5.52 Å². The Morgan fingerprint density at radius 1 is 1.08 bits per heavy atom. The van der Waals surface area contributed by atoms with E-state index in [9.17, 15) is 9.59 Å².